The van der Waals surface area contributed by atoms with E-state index < -0.39 is 5.97 Å². The molecular formula is C14H12N2O2. The zero-order chi connectivity index (χ0) is 12.7. The molecule has 1 fully saturated rings. The minimum absolute atomic E-state index is 0.199. The molecule has 0 radical (unpaired) electrons. The lowest BCUT2D eigenvalue weighted by atomic mass is 10.2. The highest BCUT2D eigenvalue weighted by molar-refractivity contribution is 5.86. The average molecular weight is 240 g/mol. The first-order valence-electron chi connectivity index (χ1n) is 5.91. The number of rotatable bonds is 3. The van der Waals surface area contributed by atoms with E-state index in [1.54, 1.807) is 0 Å². The zero-order valence-corrected chi connectivity index (χ0v) is 9.71. The highest BCUT2D eigenvalue weighted by Crippen LogP contribution is 2.40. The summed E-state index contributed by atoms with van der Waals surface area (Å²) in [7, 11) is 0. The number of fused-ring (bicyclic) bond motifs is 1. The molecule has 18 heavy (non-hydrogen) atoms. The van der Waals surface area contributed by atoms with E-state index in [1.807, 2.05) is 35.0 Å². The quantitative estimate of drug-likeness (QED) is 0.894. The van der Waals surface area contributed by atoms with Crippen molar-refractivity contribution in [1.29, 1.82) is 5.26 Å². The smallest absolute Gasteiger partial charge is 0.306 e. The first-order chi connectivity index (χ1) is 8.70. The molecule has 0 spiro atoms. The fourth-order valence-electron chi connectivity index (χ4n) is 2.49. The lowest BCUT2D eigenvalue weighted by molar-refractivity contribution is -0.138. The zero-order valence-electron chi connectivity index (χ0n) is 9.71. The van der Waals surface area contributed by atoms with Crippen LogP contribution in [-0.2, 0) is 11.3 Å². The van der Waals surface area contributed by atoms with Gasteiger partial charge in [-0.25, -0.2) is 0 Å². The number of nitrogens with zero attached hydrogens (tertiary/aromatic N) is 2. The maximum absolute atomic E-state index is 10.8. The van der Waals surface area contributed by atoms with E-state index in [1.165, 1.54) is 0 Å². The summed E-state index contributed by atoms with van der Waals surface area (Å²) in [6, 6.07) is 9.91. The van der Waals surface area contributed by atoms with Crippen LogP contribution < -0.4 is 0 Å². The van der Waals surface area contributed by atoms with E-state index in [2.05, 4.69) is 6.07 Å². The summed E-state index contributed by atoms with van der Waals surface area (Å²) in [6.45, 7) is 0.680. The molecule has 2 aromatic rings. The van der Waals surface area contributed by atoms with Crippen LogP contribution >= 0.6 is 0 Å². The van der Waals surface area contributed by atoms with Gasteiger partial charge in [-0.15, -0.1) is 0 Å². The molecule has 4 heteroatoms. The van der Waals surface area contributed by atoms with E-state index >= 15 is 0 Å². The molecule has 0 bridgehead atoms. The van der Waals surface area contributed by atoms with E-state index in [-0.39, 0.29) is 11.8 Å². The van der Waals surface area contributed by atoms with Crippen LogP contribution in [-0.4, -0.2) is 15.6 Å². The fraction of sp³-hybridized carbons (Fsp3) is 0.286. The van der Waals surface area contributed by atoms with Gasteiger partial charge in [0.2, 0.25) is 0 Å². The summed E-state index contributed by atoms with van der Waals surface area (Å²) in [5.41, 5.74) is 1.66. The molecule has 1 heterocycles. The SMILES string of the molecule is N#Cc1cn(C[C@@H]2C[C@H]2C(=O)O)c2ccccc12. The second kappa shape index (κ2) is 3.88. The molecule has 1 aromatic carbocycles. The largest absolute Gasteiger partial charge is 0.481 e. The maximum atomic E-state index is 10.8. The number of nitriles is 1. The summed E-state index contributed by atoms with van der Waals surface area (Å²) in [5, 5.41) is 18.9. The van der Waals surface area contributed by atoms with E-state index in [0.29, 0.717) is 12.1 Å². The number of carboxylic acids is 1. The second-order valence-electron chi connectivity index (χ2n) is 4.76. The normalized spacial score (nSPS) is 21.7. The van der Waals surface area contributed by atoms with Gasteiger partial charge in [-0.05, 0) is 18.4 Å². The van der Waals surface area contributed by atoms with Crippen LogP contribution in [0.4, 0.5) is 0 Å². The molecule has 3 rings (SSSR count). The van der Waals surface area contributed by atoms with Gasteiger partial charge < -0.3 is 9.67 Å². The van der Waals surface area contributed by atoms with Crippen LogP contribution in [0.25, 0.3) is 10.9 Å². The fourth-order valence-corrected chi connectivity index (χ4v) is 2.49. The minimum Gasteiger partial charge on any atom is -0.481 e. The van der Waals surface area contributed by atoms with Crippen molar-refractivity contribution in [2.75, 3.05) is 0 Å². The predicted molar refractivity (Wildman–Crippen MR) is 65.9 cm³/mol. The van der Waals surface area contributed by atoms with Gasteiger partial charge in [0.25, 0.3) is 0 Å². The van der Waals surface area contributed by atoms with Crippen molar-refractivity contribution in [3.8, 4) is 6.07 Å². The summed E-state index contributed by atoms with van der Waals surface area (Å²) >= 11 is 0. The van der Waals surface area contributed by atoms with Gasteiger partial charge in [0.15, 0.2) is 0 Å². The number of hydrogen-bond acceptors (Lipinski definition) is 2. The number of benzene rings is 1. The molecule has 0 aliphatic heterocycles. The molecule has 1 saturated carbocycles. The Bertz CT molecular complexity index is 666. The number of aromatic nitrogens is 1. The number of hydrogen-bond donors (Lipinski definition) is 1. The molecule has 4 nitrogen and oxygen atoms in total. The summed E-state index contributed by atoms with van der Waals surface area (Å²) in [6.07, 6.45) is 2.56. The standard InChI is InChI=1S/C14H12N2O2/c15-6-10-8-16(7-9-5-12(9)14(17)18)13-4-2-1-3-11(10)13/h1-4,8-9,12H,5,7H2,(H,17,18)/t9-,12+/m0/s1. The van der Waals surface area contributed by atoms with Crippen molar-refractivity contribution in [2.24, 2.45) is 11.8 Å². The van der Waals surface area contributed by atoms with Crippen LogP contribution in [0.15, 0.2) is 30.5 Å². The van der Waals surface area contributed by atoms with Gasteiger partial charge in [-0.1, -0.05) is 18.2 Å². The molecule has 1 aliphatic rings. The molecule has 0 amide bonds. The van der Waals surface area contributed by atoms with Crippen molar-refractivity contribution in [2.45, 2.75) is 13.0 Å². The van der Waals surface area contributed by atoms with Crippen LogP contribution in [0.5, 0.6) is 0 Å². The Hall–Kier alpha value is -2.28. The Balaban J connectivity index is 1.94. The molecular weight excluding hydrogens is 228 g/mol. The minimum atomic E-state index is -0.711. The van der Waals surface area contributed by atoms with Crippen molar-refractivity contribution in [3.05, 3.63) is 36.0 Å². The third kappa shape index (κ3) is 1.65. The summed E-state index contributed by atoms with van der Waals surface area (Å²) in [5.74, 6) is -0.724. The highest BCUT2D eigenvalue weighted by atomic mass is 16.4. The van der Waals surface area contributed by atoms with Crippen molar-refractivity contribution < 1.29 is 9.90 Å². The van der Waals surface area contributed by atoms with Crippen molar-refractivity contribution >= 4 is 16.9 Å². The maximum Gasteiger partial charge on any atom is 0.306 e. The number of aliphatic carboxylic acids is 1. The van der Waals surface area contributed by atoms with Crippen LogP contribution in [0.1, 0.15) is 12.0 Å². The van der Waals surface area contributed by atoms with Crippen molar-refractivity contribution in [1.82, 2.24) is 4.57 Å². The van der Waals surface area contributed by atoms with Gasteiger partial charge in [0, 0.05) is 23.6 Å². The van der Waals surface area contributed by atoms with Gasteiger partial charge in [0.05, 0.1) is 11.5 Å². The molecule has 0 saturated heterocycles. The van der Waals surface area contributed by atoms with E-state index in [0.717, 1.165) is 17.3 Å². The average Bonchev–Trinajstić information content (AvgIpc) is 3.05. The van der Waals surface area contributed by atoms with Gasteiger partial charge in [-0.2, -0.15) is 5.26 Å². The third-order valence-electron chi connectivity index (χ3n) is 3.58. The lowest BCUT2D eigenvalue weighted by Gasteiger charge is -2.03. The topological polar surface area (TPSA) is 66.0 Å². The van der Waals surface area contributed by atoms with Gasteiger partial charge >= 0.3 is 5.97 Å². The Morgan fingerprint density at radius 3 is 2.94 bits per heavy atom. The molecule has 1 aromatic heterocycles. The third-order valence-corrected chi connectivity index (χ3v) is 3.58. The number of carbonyl (C=O) groups is 1. The Morgan fingerprint density at radius 1 is 1.50 bits per heavy atom. The van der Waals surface area contributed by atoms with E-state index in [4.69, 9.17) is 10.4 Å². The Kier molecular flexibility index (Phi) is 2.34. The highest BCUT2D eigenvalue weighted by Gasteiger charge is 2.43. The Morgan fingerprint density at radius 2 is 2.28 bits per heavy atom. The van der Waals surface area contributed by atoms with Crippen LogP contribution in [0.3, 0.4) is 0 Å². The molecule has 1 N–H and O–H groups in total. The van der Waals surface area contributed by atoms with Gasteiger partial charge in [0.1, 0.15) is 6.07 Å². The number of carboxylic acid groups (broad SMARTS) is 1. The first-order valence-corrected chi connectivity index (χ1v) is 5.91. The second-order valence-corrected chi connectivity index (χ2v) is 4.76. The van der Waals surface area contributed by atoms with Crippen LogP contribution in [0, 0.1) is 23.2 Å². The molecule has 90 valence electrons. The van der Waals surface area contributed by atoms with Crippen LogP contribution in [0.2, 0.25) is 0 Å². The van der Waals surface area contributed by atoms with Gasteiger partial charge in [-0.3, -0.25) is 4.79 Å². The summed E-state index contributed by atoms with van der Waals surface area (Å²) < 4.78 is 2.00. The molecule has 0 unspecified atom stereocenters. The monoisotopic (exact) mass is 240 g/mol. The first kappa shape index (κ1) is 10.8. The predicted octanol–water partition coefficient (Wildman–Crippen LogP) is 2.23. The van der Waals surface area contributed by atoms with E-state index in [9.17, 15) is 4.79 Å². The number of para-hydroxylation sites is 1. The van der Waals surface area contributed by atoms with Crippen molar-refractivity contribution in [3.63, 3.8) is 0 Å². The summed E-state index contributed by atoms with van der Waals surface area (Å²) in [4.78, 5) is 10.8. The molecule has 2 atom stereocenters. The Labute approximate surface area is 104 Å². The molecule has 1 aliphatic carbocycles. The lowest BCUT2D eigenvalue weighted by Crippen LogP contribution is -2.04.